The van der Waals surface area contributed by atoms with Gasteiger partial charge in [0.05, 0.1) is 10.6 Å². The van der Waals surface area contributed by atoms with E-state index in [1.54, 1.807) is 0 Å². The monoisotopic (exact) mass is 307 g/mol. The second-order valence-electron chi connectivity index (χ2n) is 4.22. The van der Waals surface area contributed by atoms with E-state index in [4.69, 9.17) is 17.3 Å². The lowest BCUT2D eigenvalue weighted by Crippen LogP contribution is -2.37. The summed E-state index contributed by atoms with van der Waals surface area (Å²) in [6.45, 7) is 0. The molecule has 2 rings (SSSR count). The van der Waals surface area contributed by atoms with Crippen LogP contribution in [0.15, 0.2) is 42.7 Å². The standard InChI is InChI=1S/C14H11ClFN3O2/c15-11-7-18-6-5-10(11)14(21)19-12(13(17)20)8-1-3-9(16)4-2-8/h1-7,12H,(H2,17,20)(H,19,21). The SMILES string of the molecule is NC(=O)C(NC(=O)c1ccncc1Cl)c1ccc(F)cc1. The molecule has 0 aliphatic heterocycles. The largest absolute Gasteiger partial charge is 0.368 e. The van der Waals surface area contributed by atoms with Crippen molar-refractivity contribution in [3.63, 3.8) is 0 Å². The lowest BCUT2D eigenvalue weighted by atomic mass is 10.1. The predicted octanol–water partition coefficient (Wildman–Crippen LogP) is 1.83. The molecule has 1 heterocycles. The Kier molecular flexibility index (Phi) is 4.49. The van der Waals surface area contributed by atoms with Gasteiger partial charge in [0, 0.05) is 12.4 Å². The molecule has 7 heteroatoms. The fourth-order valence-electron chi connectivity index (χ4n) is 1.74. The molecule has 0 aliphatic carbocycles. The summed E-state index contributed by atoms with van der Waals surface area (Å²) in [5.41, 5.74) is 5.82. The number of nitrogens with zero attached hydrogens (tertiary/aromatic N) is 1. The molecule has 0 aliphatic rings. The molecule has 1 unspecified atom stereocenters. The molecule has 2 aromatic rings. The second-order valence-corrected chi connectivity index (χ2v) is 4.62. The van der Waals surface area contributed by atoms with E-state index in [-0.39, 0.29) is 10.6 Å². The Balaban J connectivity index is 2.25. The first kappa shape index (κ1) is 14.9. The molecule has 1 aromatic heterocycles. The zero-order valence-electron chi connectivity index (χ0n) is 10.7. The Morgan fingerprint density at radius 3 is 2.48 bits per heavy atom. The molecule has 1 atom stereocenters. The van der Waals surface area contributed by atoms with E-state index in [1.165, 1.54) is 42.7 Å². The topological polar surface area (TPSA) is 85.1 Å². The molecule has 21 heavy (non-hydrogen) atoms. The van der Waals surface area contributed by atoms with Crippen LogP contribution in [0.1, 0.15) is 22.0 Å². The third kappa shape index (κ3) is 3.55. The van der Waals surface area contributed by atoms with Crippen molar-refractivity contribution in [2.75, 3.05) is 0 Å². The van der Waals surface area contributed by atoms with Gasteiger partial charge < -0.3 is 11.1 Å². The number of pyridine rings is 1. The molecule has 5 nitrogen and oxygen atoms in total. The third-order valence-corrected chi connectivity index (χ3v) is 3.08. The minimum Gasteiger partial charge on any atom is -0.368 e. The fraction of sp³-hybridized carbons (Fsp3) is 0.0714. The van der Waals surface area contributed by atoms with Crippen molar-refractivity contribution in [1.29, 1.82) is 0 Å². The molecule has 0 bridgehead atoms. The summed E-state index contributed by atoms with van der Waals surface area (Å²) in [6, 6.07) is 5.44. The number of halogens is 2. The van der Waals surface area contributed by atoms with E-state index >= 15 is 0 Å². The summed E-state index contributed by atoms with van der Waals surface area (Å²) < 4.78 is 12.9. The Morgan fingerprint density at radius 2 is 1.90 bits per heavy atom. The van der Waals surface area contributed by atoms with Gasteiger partial charge in [-0.05, 0) is 23.8 Å². The first-order valence-corrected chi connectivity index (χ1v) is 6.32. The first-order valence-electron chi connectivity index (χ1n) is 5.94. The van der Waals surface area contributed by atoms with E-state index in [2.05, 4.69) is 10.3 Å². The zero-order valence-corrected chi connectivity index (χ0v) is 11.5. The summed E-state index contributed by atoms with van der Waals surface area (Å²) in [7, 11) is 0. The number of benzene rings is 1. The lowest BCUT2D eigenvalue weighted by molar-refractivity contribution is -0.120. The molecule has 1 aromatic carbocycles. The van der Waals surface area contributed by atoms with Gasteiger partial charge in [0.1, 0.15) is 11.9 Å². The van der Waals surface area contributed by atoms with E-state index in [0.29, 0.717) is 5.56 Å². The molecular formula is C14H11ClFN3O2. The highest BCUT2D eigenvalue weighted by Gasteiger charge is 2.22. The summed E-state index contributed by atoms with van der Waals surface area (Å²) in [6.07, 6.45) is 2.71. The highest BCUT2D eigenvalue weighted by atomic mass is 35.5. The second kappa shape index (κ2) is 6.32. The number of aromatic nitrogens is 1. The van der Waals surface area contributed by atoms with Crippen LogP contribution in [0.5, 0.6) is 0 Å². The van der Waals surface area contributed by atoms with Crippen molar-refractivity contribution in [3.05, 3.63) is 64.7 Å². The van der Waals surface area contributed by atoms with Gasteiger partial charge in [0.15, 0.2) is 0 Å². The van der Waals surface area contributed by atoms with Crippen molar-refractivity contribution in [2.24, 2.45) is 5.73 Å². The average Bonchev–Trinajstić information content (AvgIpc) is 2.46. The molecular weight excluding hydrogens is 297 g/mol. The number of amides is 2. The van der Waals surface area contributed by atoms with E-state index in [9.17, 15) is 14.0 Å². The minimum absolute atomic E-state index is 0.150. The van der Waals surface area contributed by atoms with Crippen LogP contribution >= 0.6 is 11.6 Å². The molecule has 0 fully saturated rings. The third-order valence-electron chi connectivity index (χ3n) is 2.78. The number of primary amides is 1. The van der Waals surface area contributed by atoms with Crippen LogP contribution in [0.4, 0.5) is 4.39 Å². The maximum atomic E-state index is 12.9. The predicted molar refractivity (Wildman–Crippen MR) is 75.0 cm³/mol. The van der Waals surface area contributed by atoms with Crippen LogP contribution in [0.3, 0.4) is 0 Å². The van der Waals surface area contributed by atoms with E-state index < -0.39 is 23.7 Å². The summed E-state index contributed by atoms with van der Waals surface area (Å²) >= 11 is 5.86. The van der Waals surface area contributed by atoms with E-state index in [0.717, 1.165) is 0 Å². The molecule has 0 saturated carbocycles. The van der Waals surface area contributed by atoms with Crippen LogP contribution in [0.25, 0.3) is 0 Å². The van der Waals surface area contributed by atoms with Crippen LogP contribution in [-0.2, 0) is 4.79 Å². The minimum atomic E-state index is -1.08. The number of carbonyl (C=O) groups is 2. The Hall–Kier alpha value is -2.47. The number of hydrogen-bond acceptors (Lipinski definition) is 3. The van der Waals surface area contributed by atoms with Gasteiger partial charge in [-0.2, -0.15) is 0 Å². The average molecular weight is 308 g/mol. The maximum Gasteiger partial charge on any atom is 0.253 e. The van der Waals surface area contributed by atoms with Gasteiger partial charge in [0.25, 0.3) is 5.91 Å². The highest BCUT2D eigenvalue weighted by molar-refractivity contribution is 6.33. The quantitative estimate of drug-likeness (QED) is 0.903. The molecule has 0 radical (unpaired) electrons. The molecule has 2 amide bonds. The molecule has 0 saturated heterocycles. The fourth-order valence-corrected chi connectivity index (χ4v) is 1.95. The van der Waals surface area contributed by atoms with Gasteiger partial charge in [-0.25, -0.2) is 4.39 Å². The van der Waals surface area contributed by atoms with Crippen LogP contribution in [0.2, 0.25) is 5.02 Å². The van der Waals surface area contributed by atoms with Gasteiger partial charge in [0.2, 0.25) is 5.91 Å². The smallest absolute Gasteiger partial charge is 0.253 e. The number of carbonyl (C=O) groups excluding carboxylic acids is 2. The lowest BCUT2D eigenvalue weighted by Gasteiger charge is -2.16. The first-order chi connectivity index (χ1) is 9.99. The normalized spacial score (nSPS) is 11.7. The number of nitrogens with two attached hydrogens (primary N) is 1. The molecule has 0 spiro atoms. The number of hydrogen-bond donors (Lipinski definition) is 2. The van der Waals surface area contributed by atoms with Gasteiger partial charge >= 0.3 is 0 Å². The van der Waals surface area contributed by atoms with Crippen molar-refractivity contribution in [2.45, 2.75) is 6.04 Å². The van der Waals surface area contributed by atoms with Crippen molar-refractivity contribution in [3.8, 4) is 0 Å². The Labute approximate surface area is 124 Å². The summed E-state index contributed by atoms with van der Waals surface area (Å²) in [5.74, 6) is -1.79. The van der Waals surface area contributed by atoms with Crippen LogP contribution in [-0.4, -0.2) is 16.8 Å². The Morgan fingerprint density at radius 1 is 1.24 bits per heavy atom. The summed E-state index contributed by atoms with van der Waals surface area (Å²) in [4.78, 5) is 27.4. The van der Waals surface area contributed by atoms with Crippen molar-refractivity contribution < 1.29 is 14.0 Å². The number of nitrogens with one attached hydrogen (secondary N) is 1. The maximum absolute atomic E-state index is 12.9. The summed E-state index contributed by atoms with van der Waals surface area (Å²) in [5, 5.41) is 2.61. The highest BCUT2D eigenvalue weighted by Crippen LogP contribution is 2.17. The van der Waals surface area contributed by atoms with Gasteiger partial charge in [-0.1, -0.05) is 23.7 Å². The van der Waals surface area contributed by atoms with Crippen molar-refractivity contribution >= 4 is 23.4 Å². The van der Waals surface area contributed by atoms with E-state index in [1.807, 2.05) is 0 Å². The van der Waals surface area contributed by atoms with Crippen molar-refractivity contribution in [1.82, 2.24) is 10.3 Å². The molecule has 3 N–H and O–H groups in total. The van der Waals surface area contributed by atoms with Crippen LogP contribution in [0, 0.1) is 5.82 Å². The van der Waals surface area contributed by atoms with Crippen LogP contribution < -0.4 is 11.1 Å². The molecule has 108 valence electrons. The number of rotatable bonds is 4. The van der Waals surface area contributed by atoms with Gasteiger partial charge in [-0.3, -0.25) is 14.6 Å². The zero-order chi connectivity index (χ0) is 15.4. The van der Waals surface area contributed by atoms with Gasteiger partial charge in [-0.15, -0.1) is 0 Å². The Bertz CT molecular complexity index is 676.